The summed E-state index contributed by atoms with van der Waals surface area (Å²) in [6.45, 7) is 2.97. The van der Waals surface area contributed by atoms with Gasteiger partial charge in [0.05, 0.1) is 12.4 Å². The van der Waals surface area contributed by atoms with Gasteiger partial charge in [0.1, 0.15) is 0 Å². The van der Waals surface area contributed by atoms with Crippen LogP contribution in [0.5, 0.6) is 0 Å². The fraction of sp³-hybridized carbons (Fsp3) is 1.00. The maximum Gasteiger partial charge on any atom is 0.213 e. The van der Waals surface area contributed by atoms with E-state index in [1.165, 1.54) is 7.11 Å². The Balaban J connectivity index is 0. The molecule has 0 radical (unpaired) electrons. The lowest BCUT2D eigenvalue weighted by Gasteiger charge is -2.10. The molecule has 0 heterocycles. The van der Waals surface area contributed by atoms with Gasteiger partial charge in [-0.15, -0.1) is 12.4 Å². The van der Waals surface area contributed by atoms with E-state index in [9.17, 15) is 8.42 Å². The van der Waals surface area contributed by atoms with Crippen molar-refractivity contribution in [2.24, 2.45) is 11.7 Å². The number of hydrogen-bond donors (Lipinski definition) is 2. The van der Waals surface area contributed by atoms with E-state index in [4.69, 9.17) is 5.73 Å². The highest BCUT2D eigenvalue weighted by Gasteiger charge is 2.10. The Kier molecular flexibility index (Phi) is 9.96. The minimum Gasteiger partial charge on any atom is -0.384 e. The summed E-state index contributed by atoms with van der Waals surface area (Å²) in [6.07, 6.45) is 0. The highest BCUT2D eigenvalue weighted by Crippen LogP contribution is 1.91. The highest BCUT2D eigenvalue weighted by molar-refractivity contribution is 7.89. The lowest BCUT2D eigenvalue weighted by molar-refractivity contribution is 0.217. The van der Waals surface area contributed by atoms with Crippen molar-refractivity contribution in [2.45, 2.75) is 6.92 Å². The number of ether oxygens (including phenoxy) is 1. The Morgan fingerprint density at radius 1 is 1.50 bits per heavy atom. The monoisotopic (exact) mass is 246 g/mol. The first-order valence-corrected chi connectivity index (χ1v) is 5.83. The third-order valence-corrected chi connectivity index (χ3v) is 2.92. The first kappa shape index (κ1) is 16.5. The molecule has 14 heavy (non-hydrogen) atoms. The molecule has 0 aliphatic rings. The molecule has 0 aliphatic heterocycles. The molecule has 1 atom stereocenters. The zero-order valence-corrected chi connectivity index (χ0v) is 10.2. The van der Waals surface area contributed by atoms with E-state index in [0.29, 0.717) is 13.1 Å². The van der Waals surface area contributed by atoms with Crippen LogP contribution in [0.3, 0.4) is 0 Å². The average Bonchev–Trinajstić information content (AvgIpc) is 2.11. The van der Waals surface area contributed by atoms with Gasteiger partial charge in [-0.05, 0) is 12.5 Å². The van der Waals surface area contributed by atoms with Crippen LogP contribution in [0.1, 0.15) is 6.92 Å². The predicted octanol–water partition coefficient (Wildman–Crippen LogP) is -0.431. The van der Waals surface area contributed by atoms with Crippen LogP contribution in [-0.2, 0) is 14.8 Å². The summed E-state index contributed by atoms with van der Waals surface area (Å²) < 4.78 is 29.5. The van der Waals surface area contributed by atoms with Crippen molar-refractivity contribution in [1.82, 2.24) is 4.72 Å². The van der Waals surface area contributed by atoms with Gasteiger partial charge in [0.15, 0.2) is 0 Å². The van der Waals surface area contributed by atoms with Gasteiger partial charge in [0.25, 0.3) is 0 Å². The van der Waals surface area contributed by atoms with E-state index in [-0.39, 0.29) is 30.7 Å². The number of nitrogens with two attached hydrogens (primary N) is 1. The molecular weight excluding hydrogens is 228 g/mol. The normalized spacial score (nSPS) is 13.4. The molecule has 0 aliphatic carbocycles. The quantitative estimate of drug-likeness (QED) is 0.639. The molecule has 88 valence electrons. The van der Waals surface area contributed by atoms with Gasteiger partial charge in [-0.25, -0.2) is 13.1 Å². The summed E-state index contributed by atoms with van der Waals surface area (Å²) in [6, 6.07) is 0. The third-order valence-electron chi connectivity index (χ3n) is 1.61. The van der Waals surface area contributed by atoms with E-state index in [2.05, 4.69) is 9.46 Å². The summed E-state index contributed by atoms with van der Waals surface area (Å²) in [4.78, 5) is 0. The van der Waals surface area contributed by atoms with Crippen LogP contribution >= 0.6 is 12.4 Å². The van der Waals surface area contributed by atoms with Crippen molar-refractivity contribution >= 4 is 22.4 Å². The Bertz CT molecular complexity index is 221. The predicted molar refractivity (Wildman–Crippen MR) is 59.1 cm³/mol. The Hall–Kier alpha value is 0.120. The van der Waals surface area contributed by atoms with Crippen LogP contribution in [0.4, 0.5) is 0 Å². The van der Waals surface area contributed by atoms with E-state index < -0.39 is 10.0 Å². The van der Waals surface area contributed by atoms with Gasteiger partial charge in [0, 0.05) is 13.7 Å². The lowest BCUT2D eigenvalue weighted by Crippen LogP contribution is -2.33. The number of sulfonamides is 1. The van der Waals surface area contributed by atoms with Gasteiger partial charge < -0.3 is 10.5 Å². The molecule has 0 aromatic carbocycles. The highest BCUT2D eigenvalue weighted by atomic mass is 35.5. The van der Waals surface area contributed by atoms with Crippen molar-refractivity contribution in [3.8, 4) is 0 Å². The van der Waals surface area contributed by atoms with Crippen molar-refractivity contribution in [2.75, 3.05) is 32.6 Å². The second kappa shape index (κ2) is 8.43. The molecule has 0 aromatic heterocycles. The summed E-state index contributed by atoms with van der Waals surface area (Å²) >= 11 is 0. The third kappa shape index (κ3) is 8.71. The topological polar surface area (TPSA) is 81.4 Å². The molecular formula is C7H19ClN2O3S. The summed E-state index contributed by atoms with van der Waals surface area (Å²) in [5, 5.41) is 0. The second-order valence-electron chi connectivity index (χ2n) is 3.00. The van der Waals surface area contributed by atoms with Crippen LogP contribution in [-0.4, -0.2) is 41.0 Å². The zero-order chi connectivity index (χ0) is 10.3. The first-order valence-electron chi connectivity index (χ1n) is 4.18. The molecule has 3 N–H and O–H groups in total. The fourth-order valence-corrected chi connectivity index (χ4v) is 1.69. The molecule has 0 fully saturated rings. The molecule has 0 rings (SSSR count). The van der Waals surface area contributed by atoms with Crippen LogP contribution in [0, 0.1) is 5.92 Å². The van der Waals surface area contributed by atoms with E-state index in [0.717, 1.165) is 0 Å². The number of rotatable bonds is 7. The summed E-state index contributed by atoms with van der Waals surface area (Å²) in [5.41, 5.74) is 5.34. The van der Waals surface area contributed by atoms with Gasteiger partial charge in [-0.1, -0.05) is 6.92 Å². The Morgan fingerprint density at radius 3 is 2.50 bits per heavy atom. The molecule has 0 amide bonds. The average molecular weight is 247 g/mol. The van der Waals surface area contributed by atoms with Crippen molar-refractivity contribution in [3.63, 3.8) is 0 Å². The molecule has 0 bridgehead atoms. The number of nitrogens with one attached hydrogen (secondary N) is 1. The number of hydrogen-bond acceptors (Lipinski definition) is 4. The van der Waals surface area contributed by atoms with Gasteiger partial charge in [0.2, 0.25) is 10.0 Å². The van der Waals surface area contributed by atoms with Crippen LogP contribution in [0.15, 0.2) is 0 Å². The van der Waals surface area contributed by atoms with Crippen LogP contribution in [0.2, 0.25) is 0 Å². The van der Waals surface area contributed by atoms with Crippen LogP contribution in [0.25, 0.3) is 0 Å². The molecule has 0 saturated carbocycles. The van der Waals surface area contributed by atoms with E-state index in [1.807, 2.05) is 6.92 Å². The van der Waals surface area contributed by atoms with Crippen LogP contribution < -0.4 is 10.5 Å². The Morgan fingerprint density at radius 2 is 2.07 bits per heavy atom. The molecule has 7 heteroatoms. The molecule has 0 spiro atoms. The first-order chi connectivity index (χ1) is 6.02. The minimum absolute atomic E-state index is 0. The van der Waals surface area contributed by atoms with E-state index >= 15 is 0 Å². The van der Waals surface area contributed by atoms with Gasteiger partial charge in [-0.3, -0.25) is 0 Å². The van der Waals surface area contributed by atoms with Crippen molar-refractivity contribution < 1.29 is 13.2 Å². The minimum atomic E-state index is -3.18. The second-order valence-corrected chi connectivity index (χ2v) is 4.93. The standard InChI is InChI=1S/C7H18N2O3S.ClH/c1-7(5-8)6-9-13(10,11)4-3-12-2;/h7,9H,3-6,8H2,1-2H3;1H. The van der Waals surface area contributed by atoms with E-state index in [1.54, 1.807) is 0 Å². The van der Waals surface area contributed by atoms with Gasteiger partial charge >= 0.3 is 0 Å². The summed E-state index contributed by atoms with van der Waals surface area (Å²) in [7, 11) is -1.71. The van der Waals surface area contributed by atoms with Crippen molar-refractivity contribution in [3.05, 3.63) is 0 Å². The molecule has 5 nitrogen and oxygen atoms in total. The van der Waals surface area contributed by atoms with Gasteiger partial charge in [-0.2, -0.15) is 0 Å². The summed E-state index contributed by atoms with van der Waals surface area (Å²) in [5.74, 6) is 0.165. The lowest BCUT2D eigenvalue weighted by atomic mass is 10.2. The molecule has 0 aromatic rings. The largest absolute Gasteiger partial charge is 0.384 e. The molecule has 1 unspecified atom stereocenters. The zero-order valence-electron chi connectivity index (χ0n) is 8.52. The maximum atomic E-state index is 11.2. The Labute approximate surface area is 91.8 Å². The maximum absolute atomic E-state index is 11.2. The fourth-order valence-electron chi connectivity index (χ4n) is 0.618. The van der Waals surface area contributed by atoms with Crippen molar-refractivity contribution in [1.29, 1.82) is 0 Å². The SMILES string of the molecule is COCCS(=O)(=O)NCC(C)CN.Cl. The smallest absolute Gasteiger partial charge is 0.213 e. The number of methoxy groups -OCH3 is 1. The molecule has 0 saturated heterocycles. The number of halogens is 1.